The van der Waals surface area contributed by atoms with Crippen molar-refractivity contribution >= 4 is 6.03 Å². The molecular formula is C15H18FN3O. The first-order chi connectivity index (χ1) is 9.60. The van der Waals surface area contributed by atoms with E-state index in [1.165, 1.54) is 6.07 Å². The molecule has 2 rings (SSSR count). The maximum atomic E-state index is 13.4. The molecule has 1 aliphatic heterocycles. The summed E-state index contributed by atoms with van der Waals surface area (Å²) in [6.07, 6.45) is 1.70. The van der Waals surface area contributed by atoms with Crippen LogP contribution in [0.3, 0.4) is 0 Å². The van der Waals surface area contributed by atoms with Crippen LogP contribution in [-0.4, -0.2) is 24.0 Å². The van der Waals surface area contributed by atoms with Crippen molar-refractivity contribution in [3.8, 4) is 6.07 Å². The number of carbonyl (C=O) groups is 1. The Morgan fingerprint density at radius 3 is 3.10 bits per heavy atom. The van der Waals surface area contributed by atoms with Gasteiger partial charge in [-0.3, -0.25) is 0 Å². The molecule has 0 aromatic heterocycles. The predicted octanol–water partition coefficient (Wildman–Crippen LogP) is 2.58. The lowest BCUT2D eigenvalue weighted by Crippen LogP contribution is -2.45. The number of nitriles is 1. The Morgan fingerprint density at radius 2 is 2.40 bits per heavy atom. The highest BCUT2D eigenvalue weighted by molar-refractivity contribution is 5.74. The number of nitrogens with one attached hydrogen (secondary N) is 1. The van der Waals surface area contributed by atoms with Gasteiger partial charge in [-0.15, -0.1) is 0 Å². The molecule has 106 valence electrons. The molecule has 1 aliphatic rings. The Balaban J connectivity index is 1.88. The third kappa shape index (κ3) is 3.47. The van der Waals surface area contributed by atoms with Crippen molar-refractivity contribution in [3.63, 3.8) is 0 Å². The zero-order valence-corrected chi connectivity index (χ0v) is 11.5. The standard InChI is InChI=1S/C15H18FN3O/c1-11-4-5-12(7-14(11)16)9-18-15(20)19-6-2-3-13(8-17)10-19/h4-5,7,13H,2-3,6,9-10H2,1H3,(H,18,20)/t13-/m0/s1. The summed E-state index contributed by atoms with van der Waals surface area (Å²) in [6.45, 7) is 3.15. The molecule has 4 nitrogen and oxygen atoms in total. The maximum Gasteiger partial charge on any atom is 0.317 e. The lowest BCUT2D eigenvalue weighted by molar-refractivity contribution is 0.176. The topological polar surface area (TPSA) is 56.1 Å². The number of rotatable bonds is 2. The van der Waals surface area contributed by atoms with Crippen LogP contribution in [0.1, 0.15) is 24.0 Å². The van der Waals surface area contributed by atoms with E-state index in [2.05, 4.69) is 11.4 Å². The Labute approximate surface area is 118 Å². The molecule has 0 bridgehead atoms. The first kappa shape index (κ1) is 14.3. The van der Waals surface area contributed by atoms with Gasteiger partial charge in [0.15, 0.2) is 0 Å². The van der Waals surface area contributed by atoms with Crippen molar-refractivity contribution in [2.75, 3.05) is 13.1 Å². The minimum absolute atomic E-state index is 0.0775. The molecule has 1 saturated heterocycles. The number of halogens is 1. The predicted molar refractivity (Wildman–Crippen MR) is 73.3 cm³/mol. The number of piperidine rings is 1. The smallest absolute Gasteiger partial charge is 0.317 e. The van der Waals surface area contributed by atoms with Crippen molar-refractivity contribution < 1.29 is 9.18 Å². The molecule has 0 unspecified atom stereocenters. The molecule has 5 heteroatoms. The number of hydrogen-bond acceptors (Lipinski definition) is 2. The third-order valence-electron chi connectivity index (χ3n) is 3.57. The molecule has 0 aliphatic carbocycles. The van der Waals surface area contributed by atoms with Gasteiger partial charge in [-0.1, -0.05) is 12.1 Å². The summed E-state index contributed by atoms with van der Waals surface area (Å²) in [6, 6.07) is 6.95. The van der Waals surface area contributed by atoms with Gasteiger partial charge in [0.1, 0.15) is 5.82 Å². The van der Waals surface area contributed by atoms with E-state index in [1.54, 1.807) is 24.0 Å². The zero-order valence-electron chi connectivity index (χ0n) is 11.5. The number of hydrogen-bond donors (Lipinski definition) is 1. The van der Waals surface area contributed by atoms with Gasteiger partial charge in [-0.05, 0) is 37.0 Å². The van der Waals surface area contributed by atoms with Crippen molar-refractivity contribution in [2.45, 2.75) is 26.3 Å². The second kappa shape index (κ2) is 6.38. The fraction of sp³-hybridized carbons (Fsp3) is 0.467. The van der Waals surface area contributed by atoms with E-state index in [1.807, 2.05) is 0 Å². The van der Waals surface area contributed by atoms with Crippen LogP contribution in [0.25, 0.3) is 0 Å². The van der Waals surface area contributed by atoms with E-state index in [9.17, 15) is 9.18 Å². The number of aryl methyl sites for hydroxylation is 1. The minimum Gasteiger partial charge on any atom is -0.334 e. The van der Waals surface area contributed by atoms with Gasteiger partial charge in [0.2, 0.25) is 0 Å². The lowest BCUT2D eigenvalue weighted by atomic mass is 10.0. The Hall–Kier alpha value is -2.09. The number of urea groups is 1. The van der Waals surface area contributed by atoms with Gasteiger partial charge in [0.05, 0.1) is 12.0 Å². The number of carbonyl (C=O) groups excluding carboxylic acids is 1. The molecule has 1 N–H and O–H groups in total. The molecule has 1 fully saturated rings. The van der Waals surface area contributed by atoms with Gasteiger partial charge in [-0.2, -0.15) is 5.26 Å². The summed E-state index contributed by atoms with van der Waals surface area (Å²) in [5.74, 6) is -0.342. The number of amides is 2. The molecule has 2 amide bonds. The number of benzene rings is 1. The van der Waals surface area contributed by atoms with Crippen LogP contribution in [0.4, 0.5) is 9.18 Å². The van der Waals surface area contributed by atoms with Crippen LogP contribution >= 0.6 is 0 Å². The van der Waals surface area contributed by atoms with Crippen LogP contribution in [-0.2, 0) is 6.54 Å². The average Bonchev–Trinajstić information content (AvgIpc) is 2.48. The second-order valence-corrected chi connectivity index (χ2v) is 5.16. The summed E-state index contributed by atoms with van der Waals surface area (Å²) in [5, 5.41) is 11.7. The second-order valence-electron chi connectivity index (χ2n) is 5.16. The van der Waals surface area contributed by atoms with Crippen LogP contribution < -0.4 is 5.32 Å². The highest BCUT2D eigenvalue weighted by Gasteiger charge is 2.23. The van der Waals surface area contributed by atoms with Crippen molar-refractivity contribution in [3.05, 3.63) is 35.1 Å². The number of nitrogens with zero attached hydrogens (tertiary/aromatic N) is 2. The van der Waals surface area contributed by atoms with Crippen molar-refractivity contribution in [1.29, 1.82) is 5.26 Å². The van der Waals surface area contributed by atoms with E-state index in [0.29, 0.717) is 25.2 Å². The molecule has 1 aromatic carbocycles. The summed E-state index contributed by atoms with van der Waals surface area (Å²) >= 11 is 0. The Kier molecular flexibility index (Phi) is 4.57. The van der Waals surface area contributed by atoms with Gasteiger partial charge in [-0.25, -0.2) is 9.18 Å². The fourth-order valence-electron chi connectivity index (χ4n) is 2.30. The van der Waals surface area contributed by atoms with Crippen molar-refractivity contribution in [2.24, 2.45) is 5.92 Å². The molecule has 1 aromatic rings. The monoisotopic (exact) mass is 275 g/mol. The average molecular weight is 275 g/mol. The Morgan fingerprint density at radius 1 is 1.60 bits per heavy atom. The lowest BCUT2D eigenvalue weighted by Gasteiger charge is -2.29. The summed E-state index contributed by atoms with van der Waals surface area (Å²) < 4.78 is 13.4. The van der Waals surface area contributed by atoms with Gasteiger partial charge < -0.3 is 10.2 Å². The molecule has 1 atom stereocenters. The van der Waals surface area contributed by atoms with Gasteiger partial charge >= 0.3 is 6.03 Å². The normalized spacial score (nSPS) is 18.4. The quantitative estimate of drug-likeness (QED) is 0.902. The van der Waals surface area contributed by atoms with Crippen molar-refractivity contribution in [1.82, 2.24) is 10.2 Å². The third-order valence-corrected chi connectivity index (χ3v) is 3.57. The van der Waals surface area contributed by atoms with E-state index >= 15 is 0 Å². The first-order valence-corrected chi connectivity index (χ1v) is 6.77. The molecule has 0 saturated carbocycles. The van der Waals surface area contributed by atoms with E-state index in [4.69, 9.17) is 5.26 Å². The highest BCUT2D eigenvalue weighted by atomic mass is 19.1. The van der Waals surface area contributed by atoms with E-state index < -0.39 is 0 Å². The van der Waals surface area contributed by atoms with Gasteiger partial charge in [0.25, 0.3) is 0 Å². The number of likely N-dealkylation sites (tertiary alicyclic amines) is 1. The summed E-state index contributed by atoms with van der Waals surface area (Å²) in [7, 11) is 0. The SMILES string of the molecule is Cc1ccc(CNC(=O)N2CCC[C@@H](C#N)C2)cc1F. The molecular weight excluding hydrogens is 257 g/mol. The molecule has 0 spiro atoms. The fourth-order valence-corrected chi connectivity index (χ4v) is 2.30. The Bertz CT molecular complexity index is 538. The van der Waals surface area contributed by atoms with E-state index in [0.717, 1.165) is 18.4 Å². The molecule has 0 radical (unpaired) electrons. The van der Waals surface area contributed by atoms with Crippen LogP contribution in [0.5, 0.6) is 0 Å². The molecule has 20 heavy (non-hydrogen) atoms. The first-order valence-electron chi connectivity index (χ1n) is 6.77. The highest BCUT2D eigenvalue weighted by Crippen LogP contribution is 2.15. The zero-order chi connectivity index (χ0) is 14.5. The van der Waals surface area contributed by atoms with Crippen LogP contribution in [0.15, 0.2) is 18.2 Å². The van der Waals surface area contributed by atoms with Crippen LogP contribution in [0, 0.1) is 30.0 Å². The van der Waals surface area contributed by atoms with Gasteiger partial charge in [0, 0.05) is 19.6 Å². The summed E-state index contributed by atoms with van der Waals surface area (Å²) in [5.41, 5.74) is 1.32. The molecule has 1 heterocycles. The minimum atomic E-state index is -0.265. The largest absolute Gasteiger partial charge is 0.334 e. The summed E-state index contributed by atoms with van der Waals surface area (Å²) in [4.78, 5) is 13.7. The van der Waals surface area contributed by atoms with Crippen LogP contribution in [0.2, 0.25) is 0 Å². The maximum absolute atomic E-state index is 13.4. The van der Waals surface area contributed by atoms with E-state index in [-0.39, 0.29) is 17.8 Å².